The highest BCUT2D eigenvalue weighted by molar-refractivity contribution is 5.45. The first kappa shape index (κ1) is 12.9. The number of ether oxygens (including phenoxy) is 1. The largest absolute Gasteiger partial charge is 0.383 e. The summed E-state index contributed by atoms with van der Waals surface area (Å²) in [5.74, 6) is -0.199. The second-order valence-electron chi connectivity index (χ2n) is 3.64. The van der Waals surface area contributed by atoms with Crippen LogP contribution in [0.5, 0.6) is 0 Å². The molecule has 0 radical (unpaired) electrons. The van der Waals surface area contributed by atoms with Crippen molar-refractivity contribution in [1.82, 2.24) is 5.32 Å². The van der Waals surface area contributed by atoms with Crippen molar-refractivity contribution in [2.45, 2.75) is 0 Å². The van der Waals surface area contributed by atoms with Crippen LogP contribution in [0.25, 0.3) is 0 Å². The Morgan fingerprint density at radius 1 is 1.25 bits per heavy atom. The maximum atomic E-state index is 12.7. The van der Waals surface area contributed by atoms with Gasteiger partial charge >= 0.3 is 0 Å². The van der Waals surface area contributed by atoms with Crippen LogP contribution in [0.3, 0.4) is 0 Å². The molecule has 0 atom stereocenters. The standard InChI is InChI=1S/C12H19FN2O/c1-15(9-7-14-8-10-16-2)12-5-3-11(13)4-6-12/h3-6,14H,7-10H2,1-2H3. The Bertz CT molecular complexity index is 290. The van der Waals surface area contributed by atoms with Gasteiger partial charge in [-0.15, -0.1) is 0 Å². The number of halogens is 1. The maximum absolute atomic E-state index is 12.7. The van der Waals surface area contributed by atoms with E-state index in [1.807, 2.05) is 7.05 Å². The van der Waals surface area contributed by atoms with Gasteiger partial charge in [-0.2, -0.15) is 0 Å². The van der Waals surface area contributed by atoms with Gasteiger partial charge in [0.15, 0.2) is 0 Å². The number of rotatable bonds is 7. The fourth-order valence-electron chi connectivity index (χ4n) is 1.37. The van der Waals surface area contributed by atoms with Gasteiger partial charge in [0.25, 0.3) is 0 Å². The Morgan fingerprint density at radius 3 is 2.56 bits per heavy atom. The van der Waals surface area contributed by atoms with Crippen molar-refractivity contribution in [2.75, 3.05) is 45.3 Å². The molecule has 1 aromatic rings. The van der Waals surface area contributed by atoms with Crippen LogP contribution >= 0.6 is 0 Å². The highest BCUT2D eigenvalue weighted by atomic mass is 19.1. The second-order valence-corrected chi connectivity index (χ2v) is 3.64. The predicted octanol–water partition coefficient (Wildman–Crippen LogP) is 1.50. The van der Waals surface area contributed by atoms with E-state index < -0.39 is 0 Å². The van der Waals surface area contributed by atoms with E-state index in [0.29, 0.717) is 0 Å². The summed E-state index contributed by atoms with van der Waals surface area (Å²) in [6.07, 6.45) is 0. The van der Waals surface area contributed by atoms with Crippen molar-refractivity contribution in [3.8, 4) is 0 Å². The number of methoxy groups -OCH3 is 1. The third-order valence-electron chi connectivity index (χ3n) is 2.37. The first-order chi connectivity index (χ1) is 7.74. The Balaban J connectivity index is 2.24. The highest BCUT2D eigenvalue weighted by Crippen LogP contribution is 2.11. The minimum absolute atomic E-state index is 0.199. The Morgan fingerprint density at radius 2 is 1.94 bits per heavy atom. The zero-order valence-electron chi connectivity index (χ0n) is 9.87. The van der Waals surface area contributed by atoms with Crippen LogP contribution in [0.4, 0.5) is 10.1 Å². The molecule has 0 heterocycles. The number of likely N-dealkylation sites (N-methyl/N-ethyl adjacent to an activating group) is 1. The average Bonchev–Trinajstić information content (AvgIpc) is 2.29. The monoisotopic (exact) mass is 226 g/mol. The molecule has 1 aromatic carbocycles. The topological polar surface area (TPSA) is 24.5 Å². The minimum atomic E-state index is -0.199. The smallest absolute Gasteiger partial charge is 0.123 e. The lowest BCUT2D eigenvalue weighted by Crippen LogP contribution is -2.30. The highest BCUT2D eigenvalue weighted by Gasteiger charge is 1.99. The number of nitrogens with one attached hydrogen (secondary N) is 1. The van der Waals surface area contributed by atoms with E-state index in [9.17, 15) is 4.39 Å². The van der Waals surface area contributed by atoms with Crippen molar-refractivity contribution < 1.29 is 9.13 Å². The third kappa shape index (κ3) is 4.59. The molecule has 0 aliphatic rings. The van der Waals surface area contributed by atoms with E-state index in [1.54, 1.807) is 19.2 Å². The van der Waals surface area contributed by atoms with Crippen LogP contribution in [0, 0.1) is 5.82 Å². The molecule has 0 unspecified atom stereocenters. The molecular formula is C12H19FN2O. The molecule has 0 bridgehead atoms. The number of benzene rings is 1. The Kier molecular flexibility index (Phi) is 5.82. The molecule has 0 spiro atoms. The van der Waals surface area contributed by atoms with Gasteiger partial charge in [-0.05, 0) is 24.3 Å². The predicted molar refractivity (Wildman–Crippen MR) is 64.4 cm³/mol. The van der Waals surface area contributed by atoms with Crippen molar-refractivity contribution in [3.63, 3.8) is 0 Å². The van der Waals surface area contributed by atoms with E-state index in [0.717, 1.165) is 31.9 Å². The molecule has 1 N–H and O–H groups in total. The average molecular weight is 226 g/mol. The molecule has 0 aromatic heterocycles. The van der Waals surface area contributed by atoms with E-state index >= 15 is 0 Å². The molecule has 0 aliphatic carbocycles. The Hall–Kier alpha value is -1.13. The lowest BCUT2D eigenvalue weighted by Gasteiger charge is -2.19. The summed E-state index contributed by atoms with van der Waals surface area (Å²) in [5.41, 5.74) is 1.02. The lowest BCUT2D eigenvalue weighted by atomic mass is 10.3. The van der Waals surface area contributed by atoms with E-state index in [2.05, 4.69) is 10.2 Å². The van der Waals surface area contributed by atoms with Crippen LogP contribution in [0.15, 0.2) is 24.3 Å². The SMILES string of the molecule is COCCNCCN(C)c1ccc(F)cc1. The fraction of sp³-hybridized carbons (Fsp3) is 0.500. The van der Waals surface area contributed by atoms with E-state index in [-0.39, 0.29) is 5.82 Å². The zero-order valence-corrected chi connectivity index (χ0v) is 9.87. The van der Waals surface area contributed by atoms with Crippen LogP contribution in [-0.4, -0.2) is 40.4 Å². The molecule has 1 rings (SSSR count). The molecule has 0 fully saturated rings. The molecule has 3 nitrogen and oxygen atoms in total. The van der Waals surface area contributed by atoms with Crippen molar-refractivity contribution in [2.24, 2.45) is 0 Å². The zero-order chi connectivity index (χ0) is 11.8. The summed E-state index contributed by atoms with van der Waals surface area (Å²) in [7, 11) is 3.68. The number of nitrogens with zero attached hydrogens (tertiary/aromatic N) is 1. The van der Waals surface area contributed by atoms with Crippen LogP contribution in [0.2, 0.25) is 0 Å². The van der Waals surface area contributed by atoms with Gasteiger partial charge in [-0.25, -0.2) is 4.39 Å². The van der Waals surface area contributed by atoms with Crippen LogP contribution in [-0.2, 0) is 4.74 Å². The van der Waals surface area contributed by atoms with E-state index in [4.69, 9.17) is 4.74 Å². The number of hydrogen-bond donors (Lipinski definition) is 1. The van der Waals surface area contributed by atoms with Crippen molar-refractivity contribution in [3.05, 3.63) is 30.1 Å². The number of hydrogen-bond acceptors (Lipinski definition) is 3. The van der Waals surface area contributed by atoms with Crippen molar-refractivity contribution >= 4 is 5.69 Å². The molecule has 90 valence electrons. The normalized spacial score (nSPS) is 10.4. The summed E-state index contributed by atoms with van der Waals surface area (Å²) in [5, 5.41) is 3.26. The van der Waals surface area contributed by atoms with E-state index in [1.165, 1.54) is 12.1 Å². The molecule has 0 amide bonds. The molecule has 0 aliphatic heterocycles. The van der Waals surface area contributed by atoms with Gasteiger partial charge in [0, 0.05) is 39.5 Å². The summed E-state index contributed by atoms with van der Waals surface area (Å²) >= 11 is 0. The quantitative estimate of drug-likeness (QED) is 0.713. The van der Waals surface area contributed by atoms with Gasteiger partial charge < -0.3 is 15.0 Å². The molecule has 4 heteroatoms. The van der Waals surface area contributed by atoms with Crippen LogP contribution < -0.4 is 10.2 Å². The minimum Gasteiger partial charge on any atom is -0.383 e. The summed E-state index contributed by atoms with van der Waals surface area (Å²) < 4.78 is 17.6. The first-order valence-corrected chi connectivity index (χ1v) is 5.40. The molecular weight excluding hydrogens is 207 g/mol. The van der Waals surface area contributed by atoms with Gasteiger partial charge in [0.05, 0.1) is 6.61 Å². The van der Waals surface area contributed by atoms with Gasteiger partial charge in [-0.3, -0.25) is 0 Å². The summed E-state index contributed by atoms with van der Waals surface area (Å²) in [6, 6.07) is 6.52. The van der Waals surface area contributed by atoms with Gasteiger partial charge in [-0.1, -0.05) is 0 Å². The Labute approximate surface area is 96.2 Å². The molecule has 0 saturated carbocycles. The summed E-state index contributed by atoms with van der Waals surface area (Å²) in [6.45, 7) is 3.35. The summed E-state index contributed by atoms with van der Waals surface area (Å²) in [4.78, 5) is 2.08. The lowest BCUT2D eigenvalue weighted by molar-refractivity contribution is 0.200. The maximum Gasteiger partial charge on any atom is 0.123 e. The fourth-order valence-corrected chi connectivity index (χ4v) is 1.37. The molecule has 0 saturated heterocycles. The third-order valence-corrected chi connectivity index (χ3v) is 2.37. The number of anilines is 1. The first-order valence-electron chi connectivity index (χ1n) is 5.40. The van der Waals surface area contributed by atoms with Crippen LogP contribution in [0.1, 0.15) is 0 Å². The van der Waals surface area contributed by atoms with Gasteiger partial charge in [0.1, 0.15) is 5.82 Å². The second kappa shape index (κ2) is 7.19. The van der Waals surface area contributed by atoms with Crippen molar-refractivity contribution in [1.29, 1.82) is 0 Å². The molecule has 16 heavy (non-hydrogen) atoms. The van der Waals surface area contributed by atoms with Gasteiger partial charge in [0.2, 0.25) is 0 Å².